The summed E-state index contributed by atoms with van der Waals surface area (Å²) in [5, 5.41) is 10.5. The number of carboxylic acid groups (broad SMARTS) is 1. The predicted octanol–water partition coefficient (Wildman–Crippen LogP) is 6.30. The minimum atomic E-state index is -4.09. The molecule has 1 N–H and O–H groups in total. The Morgan fingerprint density at radius 1 is 1.03 bits per heavy atom. The Balaban J connectivity index is 1.98. The highest BCUT2D eigenvalue weighted by Crippen LogP contribution is 2.46. The molecular weight excluding hydrogens is 526 g/mol. The van der Waals surface area contributed by atoms with Gasteiger partial charge in [0.2, 0.25) is 10.0 Å². The van der Waals surface area contributed by atoms with Gasteiger partial charge in [0, 0.05) is 9.50 Å². The van der Waals surface area contributed by atoms with Crippen LogP contribution < -0.4 is 0 Å². The number of nitrogens with zero attached hydrogens (tertiary/aromatic N) is 1. The van der Waals surface area contributed by atoms with Gasteiger partial charge in [-0.25, -0.2) is 13.2 Å². The molecule has 33 heavy (non-hydrogen) atoms. The number of carbonyl (C=O) groups is 1. The topological polar surface area (TPSA) is 74.7 Å². The van der Waals surface area contributed by atoms with Gasteiger partial charge >= 0.3 is 5.97 Å². The highest BCUT2D eigenvalue weighted by molar-refractivity contribution is 9.10. The summed E-state index contributed by atoms with van der Waals surface area (Å²) in [6.45, 7) is 1.88. The minimum absolute atomic E-state index is 0.0158. The Hall–Kier alpha value is -2.45. The molecule has 170 valence electrons. The quantitative estimate of drug-likeness (QED) is 0.408. The van der Waals surface area contributed by atoms with Crippen LogP contribution in [0.1, 0.15) is 35.2 Å². The molecule has 0 aliphatic carbocycles. The summed E-state index contributed by atoms with van der Waals surface area (Å²) in [6, 6.07) is 19.0. The number of sulfonamides is 1. The van der Waals surface area contributed by atoms with E-state index in [2.05, 4.69) is 15.9 Å². The number of benzene rings is 3. The predicted molar refractivity (Wildman–Crippen MR) is 132 cm³/mol. The lowest BCUT2D eigenvalue weighted by atomic mass is 9.89. The van der Waals surface area contributed by atoms with Crippen molar-refractivity contribution in [3.8, 4) is 0 Å². The Bertz CT molecular complexity index is 1340. The van der Waals surface area contributed by atoms with Gasteiger partial charge in [0.1, 0.15) is 0 Å². The maximum atomic E-state index is 14.1. The first-order valence-electron chi connectivity index (χ1n) is 10.2. The summed E-state index contributed by atoms with van der Waals surface area (Å²) in [5.41, 5.74) is 2.19. The van der Waals surface area contributed by atoms with Gasteiger partial charge in [-0.15, -0.1) is 0 Å². The molecule has 0 saturated carbocycles. The van der Waals surface area contributed by atoms with Gasteiger partial charge in [-0.2, -0.15) is 4.31 Å². The van der Waals surface area contributed by atoms with Gasteiger partial charge in [-0.05, 0) is 60.9 Å². The Morgan fingerprint density at radius 2 is 1.70 bits per heavy atom. The average molecular weight is 547 g/mol. The van der Waals surface area contributed by atoms with Crippen molar-refractivity contribution in [2.45, 2.75) is 30.3 Å². The summed E-state index contributed by atoms with van der Waals surface area (Å²) < 4.78 is 30.2. The third-order valence-electron chi connectivity index (χ3n) is 5.66. The minimum Gasteiger partial charge on any atom is -0.478 e. The maximum absolute atomic E-state index is 14.1. The Labute approximate surface area is 206 Å². The molecule has 1 aliphatic heterocycles. The fourth-order valence-corrected chi connectivity index (χ4v) is 6.51. The fraction of sp³-hybridized carbons (Fsp3) is 0.160. The van der Waals surface area contributed by atoms with Crippen molar-refractivity contribution in [3.05, 3.63) is 111 Å². The number of hydrogen-bond donors (Lipinski definition) is 1. The lowest BCUT2D eigenvalue weighted by Gasteiger charge is -2.40. The molecule has 0 spiro atoms. The summed E-state index contributed by atoms with van der Waals surface area (Å²) in [7, 11) is -4.09. The van der Waals surface area contributed by atoms with Crippen LogP contribution in [0.3, 0.4) is 0 Å². The van der Waals surface area contributed by atoms with Crippen LogP contribution in [-0.2, 0) is 14.8 Å². The van der Waals surface area contributed by atoms with Gasteiger partial charge in [0.25, 0.3) is 0 Å². The van der Waals surface area contributed by atoms with Crippen LogP contribution in [0.15, 0.2) is 93.8 Å². The normalized spacial score (nSPS) is 19.2. The van der Waals surface area contributed by atoms with Crippen molar-refractivity contribution in [2.75, 3.05) is 0 Å². The van der Waals surface area contributed by atoms with Crippen molar-refractivity contribution in [3.63, 3.8) is 0 Å². The van der Waals surface area contributed by atoms with Gasteiger partial charge in [0.05, 0.1) is 22.6 Å². The molecule has 4 rings (SSSR count). The number of aliphatic carboxylic acids is 1. The summed E-state index contributed by atoms with van der Waals surface area (Å²) in [6.07, 6.45) is 1.82. The molecule has 0 radical (unpaired) electrons. The third-order valence-corrected chi connectivity index (χ3v) is 8.28. The second-order valence-corrected chi connectivity index (χ2v) is 11.1. The molecule has 1 aliphatic rings. The molecule has 0 aromatic heterocycles. The van der Waals surface area contributed by atoms with E-state index >= 15 is 0 Å². The molecule has 0 saturated heterocycles. The second kappa shape index (κ2) is 9.43. The second-order valence-electron chi connectivity index (χ2n) is 7.88. The molecule has 0 bridgehead atoms. The molecule has 3 aromatic carbocycles. The van der Waals surface area contributed by atoms with Crippen molar-refractivity contribution in [1.29, 1.82) is 0 Å². The van der Waals surface area contributed by atoms with E-state index in [4.69, 9.17) is 11.6 Å². The molecule has 2 atom stereocenters. The zero-order valence-corrected chi connectivity index (χ0v) is 20.8. The van der Waals surface area contributed by atoms with E-state index < -0.39 is 28.1 Å². The smallest absolute Gasteiger partial charge is 0.333 e. The number of aryl methyl sites for hydroxylation is 1. The first-order chi connectivity index (χ1) is 15.7. The standard InChI is InChI=1S/C25H21BrClNO4S/c1-16-8-10-21(11-9-16)33(31,32)28-23(17-4-3-7-20(27)15-17)13-12-22(25(29)30)24(28)18-5-2-6-19(26)14-18/h2-12,14-15,23-24H,13H2,1H3,(H,29,30). The van der Waals surface area contributed by atoms with E-state index in [0.717, 1.165) is 10.0 Å². The number of hydrogen-bond acceptors (Lipinski definition) is 3. The van der Waals surface area contributed by atoms with E-state index in [1.807, 2.05) is 19.1 Å². The summed E-state index contributed by atoms with van der Waals surface area (Å²) in [5.74, 6) is -1.16. The third kappa shape index (κ3) is 4.77. The van der Waals surface area contributed by atoms with E-state index in [1.165, 1.54) is 4.31 Å². The highest BCUT2D eigenvalue weighted by Gasteiger charge is 2.44. The Morgan fingerprint density at radius 3 is 2.33 bits per heavy atom. The van der Waals surface area contributed by atoms with Gasteiger partial charge in [0.15, 0.2) is 0 Å². The first-order valence-corrected chi connectivity index (χ1v) is 12.8. The van der Waals surface area contributed by atoms with Gasteiger partial charge in [-0.3, -0.25) is 0 Å². The average Bonchev–Trinajstić information content (AvgIpc) is 2.78. The molecule has 0 amide bonds. The van der Waals surface area contributed by atoms with Crippen molar-refractivity contribution < 1.29 is 18.3 Å². The van der Waals surface area contributed by atoms with Crippen molar-refractivity contribution in [2.24, 2.45) is 0 Å². The number of carboxylic acids is 1. The van der Waals surface area contributed by atoms with Crippen LogP contribution >= 0.6 is 27.5 Å². The number of rotatable bonds is 5. The van der Waals surface area contributed by atoms with E-state index in [1.54, 1.807) is 66.7 Å². The number of halogens is 2. The van der Waals surface area contributed by atoms with E-state index in [-0.39, 0.29) is 16.9 Å². The SMILES string of the molecule is Cc1ccc(S(=O)(=O)N2C(c3cccc(Cl)c3)CC=C(C(=O)O)C2c2cccc(Br)c2)cc1. The molecular formula is C25H21BrClNO4S. The van der Waals surface area contributed by atoms with Crippen LogP contribution in [0, 0.1) is 6.92 Å². The monoisotopic (exact) mass is 545 g/mol. The molecule has 1 heterocycles. The maximum Gasteiger partial charge on any atom is 0.333 e. The first kappa shape index (κ1) is 23.7. The zero-order chi connectivity index (χ0) is 23.8. The van der Waals surface area contributed by atoms with Crippen molar-refractivity contribution >= 4 is 43.5 Å². The van der Waals surface area contributed by atoms with Crippen LogP contribution in [0.25, 0.3) is 0 Å². The summed E-state index contributed by atoms with van der Waals surface area (Å²) in [4.78, 5) is 12.4. The Kier molecular flexibility index (Phi) is 6.77. The lowest BCUT2D eigenvalue weighted by Crippen LogP contribution is -2.42. The van der Waals surface area contributed by atoms with E-state index in [0.29, 0.717) is 16.1 Å². The fourth-order valence-electron chi connectivity index (χ4n) is 4.11. The molecule has 2 unspecified atom stereocenters. The zero-order valence-electron chi connectivity index (χ0n) is 17.7. The van der Waals surface area contributed by atoms with Crippen molar-refractivity contribution in [1.82, 2.24) is 4.31 Å². The highest BCUT2D eigenvalue weighted by atomic mass is 79.9. The summed E-state index contributed by atoms with van der Waals surface area (Å²) >= 11 is 9.66. The largest absolute Gasteiger partial charge is 0.478 e. The van der Waals surface area contributed by atoms with Crippen LogP contribution in [0.5, 0.6) is 0 Å². The van der Waals surface area contributed by atoms with Crippen LogP contribution in [0.2, 0.25) is 5.02 Å². The molecule has 5 nitrogen and oxygen atoms in total. The van der Waals surface area contributed by atoms with Gasteiger partial charge in [-0.1, -0.05) is 75.6 Å². The van der Waals surface area contributed by atoms with E-state index in [9.17, 15) is 18.3 Å². The molecule has 3 aromatic rings. The molecule has 8 heteroatoms. The lowest BCUT2D eigenvalue weighted by molar-refractivity contribution is -0.133. The molecule has 0 fully saturated rings. The van der Waals surface area contributed by atoms with Gasteiger partial charge < -0.3 is 5.11 Å². The van der Waals surface area contributed by atoms with Crippen LogP contribution in [-0.4, -0.2) is 23.8 Å². The van der Waals surface area contributed by atoms with Crippen LogP contribution in [0.4, 0.5) is 0 Å².